The van der Waals surface area contributed by atoms with Gasteiger partial charge in [-0.25, -0.2) is 9.99 Å². The van der Waals surface area contributed by atoms with Crippen LogP contribution in [0.2, 0.25) is 0 Å². The zero-order valence-electron chi connectivity index (χ0n) is 15.2. The van der Waals surface area contributed by atoms with Crippen LogP contribution < -0.4 is 10.3 Å². The molecule has 1 fully saturated rings. The Labute approximate surface area is 154 Å². The predicted octanol–water partition coefficient (Wildman–Crippen LogP) is 1.54. The van der Waals surface area contributed by atoms with Gasteiger partial charge in [-0.15, -0.1) is 0 Å². The molecule has 1 N–H and O–H groups in total. The van der Waals surface area contributed by atoms with Gasteiger partial charge in [0, 0.05) is 39.3 Å². The number of carbonyl (C=O) groups is 1. The SMILES string of the molecule is CN1CCN(NC(=O)c2cccc(N3CCc4ccccc4C3)n2)CC1. The molecule has 0 spiro atoms. The molecule has 0 unspecified atom stereocenters. The Morgan fingerprint density at radius 1 is 0.962 bits per heavy atom. The molecule has 1 amide bonds. The highest BCUT2D eigenvalue weighted by Gasteiger charge is 2.20. The monoisotopic (exact) mass is 351 g/mol. The molecular formula is C20H25N5O. The predicted molar refractivity (Wildman–Crippen MR) is 102 cm³/mol. The van der Waals surface area contributed by atoms with Crippen LogP contribution >= 0.6 is 0 Å². The molecule has 0 bridgehead atoms. The molecule has 2 aromatic rings. The number of piperazine rings is 1. The average Bonchev–Trinajstić information content (AvgIpc) is 2.69. The van der Waals surface area contributed by atoms with Gasteiger partial charge in [0.1, 0.15) is 11.5 Å². The number of hydrogen-bond donors (Lipinski definition) is 1. The smallest absolute Gasteiger partial charge is 0.284 e. The van der Waals surface area contributed by atoms with Crippen LogP contribution in [0.5, 0.6) is 0 Å². The van der Waals surface area contributed by atoms with Crippen molar-refractivity contribution < 1.29 is 4.79 Å². The molecular weight excluding hydrogens is 326 g/mol. The average molecular weight is 351 g/mol. The van der Waals surface area contributed by atoms with E-state index in [1.54, 1.807) is 6.07 Å². The van der Waals surface area contributed by atoms with Crippen LogP contribution in [0.4, 0.5) is 5.82 Å². The second-order valence-corrected chi connectivity index (χ2v) is 7.05. The van der Waals surface area contributed by atoms with Gasteiger partial charge in [0.25, 0.3) is 5.91 Å². The zero-order chi connectivity index (χ0) is 17.9. The number of nitrogens with one attached hydrogen (secondary N) is 1. The van der Waals surface area contributed by atoms with Crippen LogP contribution in [-0.2, 0) is 13.0 Å². The van der Waals surface area contributed by atoms with Crippen LogP contribution in [0, 0.1) is 0 Å². The van der Waals surface area contributed by atoms with Gasteiger partial charge in [0.05, 0.1) is 0 Å². The number of benzene rings is 1. The van der Waals surface area contributed by atoms with E-state index in [9.17, 15) is 4.79 Å². The first-order valence-electron chi connectivity index (χ1n) is 9.22. The molecule has 1 aromatic heterocycles. The molecule has 0 atom stereocenters. The van der Waals surface area contributed by atoms with E-state index in [4.69, 9.17) is 0 Å². The number of pyridine rings is 1. The molecule has 2 aliphatic rings. The number of fused-ring (bicyclic) bond motifs is 1. The highest BCUT2D eigenvalue weighted by molar-refractivity contribution is 5.92. The van der Waals surface area contributed by atoms with Gasteiger partial charge >= 0.3 is 0 Å². The lowest BCUT2D eigenvalue weighted by Crippen LogP contribution is -2.52. The van der Waals surface area contributed by atoms with Crippen molar-refractivity contribution in [2.24, 2.45) is 0 Å². The maximum Gasteiger partial charge on any atom is 0.284 e. The third kappa shape index (κ3) is 3.71. The van der Waals surface area contributed by atoms with E-state index in [0.717, 1.165) is 51.5 Å². The number of carbonyl (C=O) groups excluding carboxylic acids is 1. The number of rotatable bonds is 3. The second-order valence-electron chi connectivity index (χ2n) is 7.05. The second kappa shape index (κ2) is 7.43. The Balaban J connectivity index is 1.44. The fraction of sp³-hybridized carbons (Fsp3) is 0.400. The van der Waals surface area contributed by atoms with Gasteiger partial charge in [-0.3, -0.25) is 10.2 Å². The van der Waals surface area contributed by atoms with Gasteiger partial charge in [0.2, 0.25) is 0 Å². The number of amides is 1. The minimum absolute atomic E-state index is 0.131. The third-order valence-corrected chi connectivity index (χ3v) is 5.18. The Bertz CT molecular complexity index is 785. The van der Waals surface area contributed by atoms with E-state index in [-0.39, 0.29) is 5.91 Å². The van der Waals surface area contributed by atoms with Gasteiger partial charge in [-0.2, -0.15) is 0 Å². The van der Waals surface area contributed by atoms with E-state index >= 15 is 0 Å². The Hall–Kier alpha value is -2.44. The molecule has 2 aliphatic heterocycles. The molecule has 26 heavy (non-hydrogen) atoms. The highest BCUT2D eigenvalue weighted by Crippen LogP contribution is 2.23. The lowest BCUT2D eigenvalue weighted by molar-refractivity contribution is 0.0658. The number of hydrogen-bond acceptors (Lipinski definition) is 5. The van der Waals surface area contributed by atoms with E-state index in [2.05, 4.69) is 51.5 Å². The summed E-state index contributed by atoms with van der Waals surface area (Å²) in [4.78, 5) is 21.7. The first-order chi connectivity index (χ1) is 12.7. The summed E-state index contributed by atoms with van der Waals surface area (Å²) in [5.41, 5.74) is 6.21. The summed E-state index contributed by atoms with van der Waals surface area (Å²) in [6.45, 7) is 5.36. The van der Waals surface area contributed by atoms with Crippen LogP contribution in [0.15, 0.2) is 42.5 Å². The van der Waals surface area contributed by atoms with Gasteiger partial charge in [-0.1, -0.05) is 30.3 Å². The first kappa shape index (κ1) is 17.0. The normalized spacial score (nSPS) is 18.4. The van der Waals surface area contributed by atoms with E-state index in [1.807, 2.05) is 17.1 Å². The molecule has 0 aliphatic carbocycles. The van der Waals surface area contributed by atoms with Crippen LogP contribution in [0.1, 0.15) is 21.6 Å². The maximum atomic E-state index is 12.6. The summed E-state index contributed by atoms with van der Waals surface area (Å²) in [7, 11) is 2.10. The van der Waals surface area contributed by atoms with Crippen molar-refractivity contribution in [2.45, 2.75) is 13.0 Å². The summed E-state index contributed by atoms with van der Waals surface area (Å²) >= 11 is 0. The summed E-state index contributed by atoms with van der Waals surface area (Å²) in [5.74, 6) is 0.736. The van der Waals surface area contributed by atoms with Gasteiger partial charge in [0.15, 0.2) is 0 Å². The molecule has 1 aromatic carbocycles. The minimum Gasteiger partial charge on any atom is -0.352 e. The number of hydrazine groups is 1. The summed E-state index contributed by atoms with van der Waals surface area (Å²) in [5, 5.41) is 1.98. The number of aromatic nitrogens is 1. The molecule has 0 radical (unpaired) electrons. The first-order valence-corrected chi connectivity index (χ1v) is 9.22. The van der Waals surface area contributed by atoms with Crippen molar-refractivity contribution in [3.05, 3.63) is 59.3 Å². The molecule has 0 saturated carbocycles. The molecule has 3 heterocycles. The molecule has 6 nitrogen and oxygen atoms in total. The van der Waals surface area contributed by atoms with Crippen molar-refractivity contribution in [1.82, 2.24) is 20.3 Å². The quantitative estimate of drug-likeness (QED) is 0.909. The molecule has 6 heteroatoms. The van der Waals surface area contributed by atoms with Gasteiger partial charge < -0.3 is 9.80 Å². The summed E-state index contributed by atoms with van der Waals surface area (Å²) in [6.07, 6.45) is 1.01. The largest absolute Gasteiger partial charge is 0.352 e. The van der Waals surface area contributed by atoms with Crippen LogP contribution in [0.3, 0.4) is 0 Å². The lowest BCUT2D eigenvalue weighted by atomic mass is 10.00. The lowest BCUT2D eigenvalue weighted by Gasteiger charge is -2.32. The maximum absolute atomic E-state index is 12.6. The third-order valence-electron chi connectivity index (χ3n) is 5.18. The van der Waals surface area contributed by atoms with Crippen molar-refractivity contribution in [1.29, 1.82) is 0 Å². The standard InChI is InChI=1S/C20H25N5O/c1-23-11-13-25(14-12-23)22-20(26)18-7-4-8-19(21-18)24-10-9-16-5-2-3-6-17(16)15-24/h2-8H,9-15H2,1H3,(H,22,26). The number of anilines is 1. The van der Waals surface area contributed by atoms with Crippen LogP contribution in [-0.4, -0.2) is 60.6 Å². The summed E-state index contributed by atoms with van der Waals surface area (Å²) in [6, 6.07) is 14.2. The van der Waals surface area contributed by atoms with Crippen LogP contribution in [0.25, 0.3) is 0 Å². The van der Waals surface area contributed by atoms with E-state index in [1.165, 1.54) is 11.1 Å². The summed E-state index contributed by atoms with van der Waals surface area (Å²) < 4.78 is 0. The van der Waals surface area contributed by atoms with Crippen molar-refractivity contribution in [2.75, 3.05) is 44.7 Å². The Morgan fingerprint density at radius 2 is 1.73 bits per heavy atom. The Morgan fingerprint density at radius 3 is 2.54 bits per heavy atom. The minimum atomic E-state index is -0.131. The van der Waals surface area contributed by atoms with Crippen molar-refractivity contribution in [3.8, 4) is 0 Å². The van der Waals surface area contributed by atoms with E-state index < -0.39 is 0 Å². The zero-order valence-corrected chi connectivity index (χ0v) is 15.2. The highest BCUT2D eigenvalue weighted by atomic mass is 16.2. The van der Waals surface area contributed by atoms with Gasteiger partial charge in [-0.05, 0) is 36.7 Å². The topological polar surface area (TPSA) is 51.7 Å². The number of likely N-dealkylation sites (N-methyl/N-ethyl adjacent to an activating group) is 1. The number of nitrogens with zero attached hydrogens (tertiary/aromatic N) is 4. The van der Waals surface area contributed by atoms with Crippen molar-refractivity contribution >= 4 is 11.7 Å². The molecule has 4 rings (SSSR count). The fourth-order valence-corrected chi connectivity index (χ4v) is 3.54. The fourth-order valence-electron chi connectivity index (χ4n) is 3.54. The Kier molecular flexibility index (Phi) is 4.86. The van der Waals surface area contributed by atoms with E-state index in [0.29, 0.717) is 5.69 Å². The van der Waals surface area contributed by atoms with Crippen molar-refractivity contribution in [3.63, 3.8) is 0 Å². The molecule has 1 saturated heterocycles. The molecule has 136 valence electrons.